The Balaban J connectivity index is 1.24. The summed E-state index contributed by atoms with van der Waals surface area (Å²) in [4.78, 5) is 17.4. The van der Waals surface area contributed by atoms with Gasteiger partial charge in [0.25, 0.3) is 0 Å². The number of pyridine rings is 2. The lowest BCUT2D eigenvalue weighted by Gasteiger charge is -2.23. The molecule has 2 fully saturated rings. The van der Waals surface area contributed by atoms with Gasteiger partial charge in [0.15, 0.2) is 11.4 Å². The molecule has 4 aromatic rings. The molecule has 2 aliphatic rings. The number of aromatic nitrogens is 2. The van der Waals surface area contributed by atoms with Crippen molar-refractivity contribution in [2.45, 2.75) is 102 Å². The van der Waals surface area contributed by atoms with E-state index in [1.807, 2.05) is 12.1 Å². The Kier molecular flexibility index (Phi) is 10.6. The Bertz CT molecular complexity index is 1810. The van der Waals surface area contributed by atoms with Crippen LogP contribution in [0.25, 0.3) is 32.2 Å². The number of hydrogen-bond acceptors (Lipinski definition) is 4. The largest absolute Gasteiger partial charge is 0.254 e. The van der Waals surface area contributed by atoms with Crippen molar-refractivity contribution in [2.75, 3.05) is 0 Å². The molecule has 0 unspecified atom stereocenters. The number of rotatable bonds is 9. The Labute approximate surface area is 284 Å². The first-order valence-corrected chi connectivity index (χ1v) is 17.4. The van der Waals surface area contributed by atoms with E-state index in [-0.39, 0.29) is 0 Å². The number of nitrogens with zero attached hydrogens (tertiary/aromatic N) is 6. The fourth-order valence-electron chi connectivity index (χ4n) is 7.54. The van der Waals surface area contributed by atoms with Gasteiger partial charge in [-0.05, 0) is 117 Å². The van der Waals surface area contributed by atoms with Crippen LogP contribution in [0.1, 0.15) is 123 Å². The lowest BCUT2D eigenvalue weighted by molar-refractivity contribution is 0.443. The van der Waals surface area contributed by atoms with Crippen LogP contribution in [0.2, 0.25) is 0 Å². The normalized spacial score (nSPS) is 15.2. The van der Waals surface area contributed by atoms with Gasteiger partial charge in [0.2, 0.25) is 0 Å². The predicted octanol–water partition coefficient (Wildman–Crippen LogP) is 11.3. The van der Waals surface area contributed by atoms with Crippen LogP contribution in [0.5, 0.6) is 0 Å². The lowest BCUT2D eigenvalue weighted by Crippen LogP contribution is -2.07. The summed E-state index contributed by atoms with van der Waals surface area (Å²) in [6.45, 7) is 15.1. The molecule has 48 heavy (non-hydrogen) atoms. The molecule has 6 heteroatoms. The zero-order valence-corrected chi connectivity index (χ0v) is 27.5. The van der Waals surface area contributed by atoms with Crippen LogP contribution in [0.15, 0.2) is 60.7 Å². The average molecular weight is 629 g/mol. The highest BCUT2D eigenvalue weighted by Crippen LogP contribution is 2.38. The Morgan fingerprint density at radius 2 is 1.19 bits per heavy atom. The van der Waals surface area contributed by atoms with Crippen LogP contribution in [-0.2, 0) is 12.8 Å². The average Bonchev–Trinajstić information content (AvgIpc) is 3.16. The summed E-state index contributed by atoms with van der Waals surface area (Å²) in [6, 6.07) is 24.0. The van der Waals surface area contributed by atoms with Crippen LogP contribution in [0.3, 0.4) is 0 Å². The molecule has 6 nitrogen and oxygen atoms in total. The van der Waals surface area contributed by atoms with Crippen LogP contribution >= 0.6 is 0 Å². The number of unbranched alkanes of at least 4 members (excludes halogenated alkanes) is 1. The van der Waals surface area contributed by atoms with Gasteiger partial charge >= 0.3 is 0 Å². The second-order valence-electron chi connectivity index (χ2n) is 13.3. The first-order chi connectivity index (χ1) is 23.6. The Morgan fingerprint density at radius 1 is 0.625 bits per heavy atom. The SMILES string of the molecule is [C-]#[N+]c1ccc(-c2cc(C3CCCCC3)cc(CCCCc3cc(C4CCCCC4)cc(-c4ccc(C#N)cc4[N+]#[C-])n3)n2)c(C#N)c1. The molecule has 0 atom stereocenters. The quantitative estimate of drug-likeness (QED) is 0.136. The van der Waals surface area contributed by atoms with E-state index in [2.05, 4.69) is 46.1 Å². The summed E-state index contributed by atoms with van der Waals surface area (Å²) in [5.74, 6) is 1.03. The van der Waals surface area contributed by atoms with Crippen LogP contribution in [0.4, 0.5) is 11.4 Å². The molecule has 0 aliphatic heterocycles. The molecule has 0 bridgehead atoms. The van der Waals surface area contributed by atoms with Gasteiger partial charge in [0, 0.05) is 28.1 Å². The second-order valence-corrected chi connectivity index (χ2v) is 13.3. The van der Waals surface area contributed by atoms with E-state index < -0.39 is 0 Å². The molecule has 6 rings (SSSR count). The van der Waals surface area contributed by atoms with Crippen molar-refractivity contribution >= 4 is 11.4 Å². The van der Waals surface area contributed by atoms with E-state index in [1.165, 1.54) is 75.3 Å². The first-order valence-electron chi connectivity index (χ1n) is 17.4. The molecule has 0 spiro atoms. The molecule has 2 saturated carbocycles. The number of benzene rings is 2. The van der Waals surface area contributed by atoms with Gasteiger partial charge in [-0.2, -0.15) is 10.5 Å². The van der Waals surface area contributed by atoms with Crippen molar-refractivity contribution < 1.29 is 0 Å². The minimum absolute atomic E-state index is 0.466. The molecular weight excluding hydrogens is 589 g/mol. The number of hydrogen-bond donors (Lipinski definition) is 0. The summed E-state index contributed by atoms with van der Waals surface area (Å²) in [6.07, 6.45) is 15.9. The molecular formula is C42H40N6. The van der Waals surface area contributed by atoms with E-state index >= 15 is 0 Å². The molecule has 2 heterocycles. The summed E-state index contributed by atoms with van der Waals surface area (Å²) in [5, 5.41) is 19.3. The molecule has 238 valence electrons. The summed E-state index contributed by atoms with van der Waals surface area (Å²) in [7, 11) is 0. The predicted molar refractivity (Wildman–Crippen MR) is 190 cm³/mol. The molecule has 2 aliphatic carbocycles. The van der Waals surface area contributed by atoms with E-state index in [0.29, 0.717) is 34.3 Å². The van der Waals surface area contributed by atoms with Crippen molar-refractivity contribution in [3.8, 4) is 34.7 Å². The van der Waals surface area contributed by atoms with Crippen LogP contribution < -0.4 is 0 Å². The van der Waals surface area contributed by atoms with Crippen LogP contribution in [0, 0.1) is 35.8 Å². The maximum absolute atomic E-state index is 9.90. The molecule has 0 radical (unpaired) electrons. The highest BCUT2D eigenvalue weighted by Gasteiger charge is 2.21. The molecule has 2 aromatic heterocycles. The summed E-state index contributed by atoms with van der Waals surface area (Å²) < 4.78 is 0. The third kappa shape index (κ3) is 7.63. The molecule has 0 N–H and O–H groups in total. The smallest absolute Gasteiger partial charge is 0.197 e. The first kappa shape index (κ1) is 32.6. The molecule has 0 saturated heterocycles. The highest BCUT2D eigenvalue weighted by atomic mass is 14.7. The fraction of sp³-hybridized carbons (Fsp3) is 0.381. The van der Waals surface area contributed by atoms with Crippen molar-refractivity contribution in [3.05, 3.63) is 117 Å². The van der Waals surface area contributed by atoms with Crippen molar-refractivity contribution in [2.24, 2.45) is 0 Å². The van der Waals surface area contributed by atoms with E-state index in [1.54, 1.807) is 24.3 Å². The topological polar surface area (TPSA) is 82.1 Å². The zero-order chi connectivity index (χ0) is 33.3. The van der Waals surface area contributed by atoms with Gasteiger partial charge in [0.1, 0.15) is 0 Å². The molecule has 0 amide bonds. The second kappa shape index (κ2) is 15.5. The van der Waals surface area contributed by atoms with Gasteiger partial charge in [-0.15, -0.1) is 0 Å². The van der Waals surface area contributed by atoms with Gasteiger partial charge in [0.05, 0.1) is 42.2 Å². The van der Waals surface area contributed by atoms with Gasteiger partial charge in [-0.3, -0.25) is 9.97 Å². The summed E-state index contributed by atoms with van der Waals surface area (Å²) >= 11 is 0. The third-order valence-corrected chi connectivity index (χ3v) is 10.1. The van der Waals surface area contributed by atoms with Crippen LogP contribution in [-0.4, -0.2) is 9.97 Å². The number of aryl methyl sites for hydroxylation is 2. The minimum Gasteiger partial charge on any atom is -0.254 e. The number of nitriles is 2. The Morgan fingerprint density at radius 3 is 1.71 bits per heavy atom. The summed E-state index contributed by atoms with van der Waals surface area (Å²) in [5.41, 5.74) is 9.89. The maximum Gasteiger partial charge on any atom is 0.197 e. The van der Waals surface area contributed by atoms with Gasteiger partial charge in [-0.1, -0.05) is 56.7 Å². The van der Waals surface area contributed by atoms with Gasteiger partial charge in [-0.25, -0.2) is 9.69 Å². The van der Waals surface area contributed by atoms with E-state index in [0.717, 1.165) is 59.6 Å². The third-order valence-electron chi connectivity index (χ3n) is 10.1. The standard InChI is InChI=1S/C42H40N6/c1-45-35-18-20-38(34(24-35)28-44)41-25-32(30-11-5-3-6-12-30)22-36(47-41)15-9-10-16-37-23-33(31-13-7-4-8-14-31)26-42(48-37)39-19-17-29(27-43)21-40(39)46-2/h17-26,30-31H,3-16H2. The van der Waals surface area contributed by atoms with Crippen molar-refractivity contribution in [1.82, 2.24) is 9.97 Å². The zero-order valence-electron chi connectivity index (χ0n) is 27.5. The highest BCUT2D eigenvalue weighted by molar-refractivity contribution is 5.78. The van der Waals surface area contributed by atoms with Crippen molar-refractivity contribution in [1.29, 1.82) is 10.5 Å². The van der Waals surface area contributed by atoms with Crippen molar-refractivity contribution in [3.63, 3.8) is 0 Å². The Hall–Kier alpha value is -5.30. The minimum atomic E-state index is 0.466. The van der Waals surface area contributed by atoms with E-state index in [4.69, 9.17) is 23.1 Å². The lowest BCUT2D eigenvalue weighted by atomic mass is 9.83. The van der Waals surface area contributed by atoms with E-state index in [9.17, 15) is 10.5 Å². The monoisotopic (exact) mass is 628 g/mol. The maximum atomic E-state index is 9.90. The molecule has 2 aromatic carbocycles. The fourth-order valence-corrected chi connectivity index (χ4v) is 7.54. The van der Waals surface area contributed by atoms with Gasteiger partial charge < -0.3 is 0 Å².